The fraction of sp³-hybridized carbons (Fsp3) is 0.625. The molecule has 18 heavy (non-hydrogen) atoms. The first-order valence-electron chi connectivity index (χ1n) is 7.22. The Morgan fingerprint density at radius 2 is 2.00 bits per heavy atom. The first kappa shape index (κ1) is 13.6. The Bertz CT molecular complexity index is 347. The molecule has 0 aliphatic carbocycles. The minimum Gasteiger partial charge on any atom is -0.302 e. The maximum atomic E-state index is 2.66. The fourth-order valence-corrected chi connectivity index (χ4v) is 2.90. The van der Waals surface area contributed by atoms with Gasteiger partial charge in [0.2, 0.25) is 0 Å². The van der Waals surface area contributed by atoms with Gasteiger partial charge in [-0.3, -0.25) is 4.90 Å². The molecule has 0 aromatic heterocycles. The summed E-state index contributed by atoms with van der Waals surface area (Å²) in [5, 5.41) is 0. The van der Waals surface area contributed by atoms with Crippen molar-refractivity contribution in [1.82, 2.24) is 9.80 Å². The average Bonchev–Trinajstić information content (AvgIpc) is 2.85. The number of likely N-dealkylation sites (N-methyl/N-ethyl adjacent to an activating group) is 1. The van der Waals surface area contributed by atoms with E-state index in [1.54, 1.807) is 0 Å². The van der Waals surface area contributed by atoms with E-state index in [0.717, 1.165) is 12.6 Å². The standard InChI is InChI=1S/C16H26N2/c1-4-17-11-10-16(13-17)18(14(2)3)12-15-8-6-5-7-9-15/h5-9,14,16H,4,10-13H2,1-3H3. The predicted molar refractivity (Wildman–Crippen MR) is 77.6 cm³/mol. The monoisotopic (exact) mass is 246 g/mol. The highest BCUT2D eigenvalue weighted by molar-refractivity contribution is 5.14. The van der Waals surface area contributed by atoms with Gasteiger partial charge in [-0.25, -0.2) is 0 Å². The molecule has 0 N–H and O–H groups in total. The summed E-state index contributed by atoms with van der Waals surface area (Å²) >= 11 is 0. The Kier molecular flexibility index (Phi) is 4.79. The largest absolute Gasteiger partial charge is 0.302 e. The minimum absolute atomic E-state index is 0.618. The van der Waals surface area contributed by atoms with Gasteiger partial charge in [0.15, 0.2) is 0 Å². The first-order chi connectivity index (χ1) is 8.70. The molecule has 1 aliphatic heterocycles. The molecule has 0 bridgehead atoms. The molecule has 1 aromatic carbocycles. The van der Waals surface area contributed by atoms with Gasteiger partial charge in [-0.05, 0) is 38.9 Å². The smallest absolute Gasteiger partial charge is 0.0241 e. The molecular formula is C16H26N2. The second kappa shape index (κ2) is 6.35. The minimum atomic E-state index is 0.618. The summed E-state index contributed by atoms with van der Waals surface area (Å²) < 4.78 is 0. The number of nitrogens with zero attached hydrogens (tertiary/aromatic N) is 2. The van der Waals surface area contributed by atoms with Gasteiger partial charge in [0.1, 0.15) is 0 Å². The molecule has 1 unspecified atom stereocenters. The Morgan fingerprint density at radius 1 is 1.28 bits per heavy atom. The fourth-order valence-electron chi connectivity index (χ4n) is 2.90. The molecule has 0 amide bonds. The van der Waals surface area contributed by atoms with Crippen LogP contribution in [0.3, 0.4) is 0 Å². The van der Waals surface area contributed by atoms with Crippen LogP contribution < -0.4 is 0 Å². The van der Waals surface area contributed by atoms with Crippen molar-refractivity contribution >= 4 is 0 Å². The summed E-state index contributed by atoms with van der Waals surface area (Å²) in [5.41, 5.74) is 1.43. The zero-order chi connectivity index (χ0) is 13.0. The Balaban J connectivity index is 2.01. The SMILES string of the molecule is CCN1CCC(N(Cc2ccccc2)C(C)C)C1. The van der Waals surface area contributed by atoms with Crippen LogP contribution in [0.25, 0.3) is 0 Å². The highest BCUT2D eigenvalue weighted by Gasteiger charge is 2.28. The van der Waals surface area contributed by atoms with E-state index in [0.29, 0.717) is 6.04 Å². The van der Waals surface area contributed by atoms with Crippen molar-refractivity contribution < 1.29 is 0 Å². The summed E-state index contributed by atoms with van der Waals surface area (Å²) in [6, 6.07) is 12.2. The molecule has 1 heterocycles. The zero-order valence-corrected chi connectivity index (χ0v) is 12.0. The lowest BCUT2D eigenvalue weighted by Crippen LogP contribution is -2.41. The molecule has 1 saturated heterocycles. The van der Waals surface area contributed by atoms with Crippen LogP contribution >= 0.6 is 0 Å². The summed E-state index contributed by atoms with van der Waals surface area (Å²) in [4.78, 5) is 5.22. The van der Waals surface area contributed by atoms with Crippen LogP contribution in [-0.4, -0.2) is 41.5 Å². The third kappa shape index (κ3) is 3.33. The van der Waals surface area contributed by atoms with Gasteiger partial charge in [-0.2, -0.15) is 0 Å². The van der Waals surface area contributed by atoms with E-state index in [1.165, 1.54) is 31.6 Å². The predicted octanol–water partition coefficient (Wildman–Crippen LogP) is 2.99. The van der Waals surface area contributed by atoms with Crippen molar-refractivity contribution in [3.05, 3.63) is 35.9 Å². The molecule has 0 spiro atoms. The summed E-state index contributed by atoms with van der Waals surface area (Å²) in [6.45, 7) is 11.7. The van der Waals surface area contributed by atoms with Gasteiger partial charge in [0, 0.05) is 25.2 Å². The molecule has 1 aliphatic rings. The van der Waals surface area contributed by atoms with Crippen LogP contribution in [0.1, 0.15) is 32.8 Å². The van der Waals surface area contributed by atoms with Gasteiger partial charge in [0.05, 0.1) is 0 Å². The number of hydrogen-bond acceptors (Lipinski definition) is 2. The highest BCUT2D eigenvalue weighted by Crippen LogP contribution is 2.20. The summed E-state index contributed by atoms with van der Waals surface area (Å²) in [6.07, 6.45) is 1.32. The van der Waals surface area contributed by atoms with Crippen LogP contribution in [0, 0.1) is 0 Å². The molecule has 2 heteroatoms. The lowest BCUT2D eigenvalue weighted by Gasteiger charge is -2.32. The van der Waals surface area contributed by atoms with E-state index < -0.39 is 0 Å². The highest BCUT2D eigenvalue weighted by atomic mass is 15.3. The van der Waals surface area contributed by atoms with Gasteiger partial charge >= 0.3 is 0 Å². The number of benzene rings is 1. The van der Waals surface area contributed by atoms with E-state index in [1.807, 2.05) is 0 Å². The number of rotatable bonds is 5. The van der Waals surface area contributed by atoms with E-state index in [2.05, 4.69) is 60.9 Å². The Labute approximate surface area is 112 Å². The lowest BCUT2D eigenvalue weighted by molar-refractivity contribution is 0.144. The van der Waals surface area contributed by atoms with Gasteiger partial charge in [-0.1, -0.05) is 37.3 Å². The number of likely N-dealkylation sites (tertiary alicyclic amines) is 1. The summed E-state index contributed by atoms with van der Waals surface area (Å²) in [7, 11) is 0. The van der Waals surface area contributed by atoms with Crippen molar-refractivity contribution in [2.45, 2.75) is 45.8 Å². The van der Waals surface area contributed by atoms with Gasteiger partial charge in [0.25, 0.3) is 0 Å². The third-order valence-corrected chi connectivity index (χ3v) is 4.03. The van der Waals surface area contributed by atoms with Crippen molar-refractivity contribution in [3.8, 4) is 0 Å². The van der Waals surface area contributed by atoms with Crippen molar-refractivity contribution in [1.29, 1.82) is 0 Å². The maximum absolute atomic E-state index is 2.66. The zero-order valence-electron chi connectivity index (χ0n) is 12.0. The van der Waals surface area contributed by atoms with Crippen molar-refractivity contribution in [2.75, 3.05) is 19.6 Å². The lowest BCUT2D eigenvalue weighted by atomic mass is 10.1. The second-order valence-electron chi connectivity index (χ2n) is 5.59. The quantitative estimate of drug-likeness (QED) is 0.788. The van der Waals surface area contributed by atoms with Crippen molar-refractivity contribution in [3.63, 3.8) is 0 Å². The third-order valence-electron chi connectivity index (χ3n) is 4.03. The second-order valence-corrected chi connectivity index (χ2v) is 5.59. The molecule has 1 aromatic rings. The average molecular weight is 246 g/mol. The first-order valence-corrected chi connectivity index (χ1v) is 7.22. The topological polar surface area (TPSA) is 6.48 Å². The van der Waals surface area contributed by atoms with E-state index in [-0.39, 0.29) is 0 Å². The molecule has 1 atom stereocenters. The molecule has 0 radical (unpaired) electrons. The van der Waals surface area contributed by atoms with E-state index in [9.17, 15) is 0 Å². The number of hydrogen-bond donors (Lipinski definition) is 0. The summed E-state index contributed by atoms with van der Waals surface area (Å²) in [5.74, 6) is 0. The van der Waals surface area contributed by atoms with Crippen LogP contribution in [0.4, 0.5) is 0 Å². The van der Waals surface area contributed by atoms with Crippen LogP contribution in [0.2, 0.25) is 0 Å². The molecule has 0 saturated carbocycles. The molecule has 2 nitrogen and oxygen atoms in total. The van der Waals surface area contributed by atoms with Gasteiger partial charge < -0.3 is 4.90 Å². The van der Waals surface area contributed by atoms with Gasteiger partial charge in [-0.15, -0.1) is 0 Å². The van der Waals surface area contributed by atoms with Crippen LogP contribution in [0.15, 0.2) is 30.3 Å². The molecule has 1 fully saturated rings. The normalized spacial score (nSPS) is 21.1. The molecular weight excluding hydrogens is 220 g/mol. The van der Waals surface area contributed by atoms with E-state index >= 15 is 0 Å². The van der Waals surface area contributed by atoms with Crippen LogP contribution in [0.5, 0.6) is 0 Å². The van der Waals surface area contributed by atoms with Crippen molar-refractivity contribution in [2.24, 2.45) is 0 Å². The Hall–Kier alpha value is -0.860. The maximum Gasteiger partial charge on any atom is 0.0241 e. The van der Waals surface area contributed by atoms with Crippen LogP contribution in [-0.2, 0) is 6.54 Å². The van der Waals surface area contributed by atoms with E-state index in [4.69, 9.17) is 0 Å². The molecule has 2 rings (SSSR count). The molecule has 100 valence electrons. The Morgan fingerprint density at radius 3 is 2.56 bits per heavy atom.